The Balaban J connectivity index is 2.48. The highest BCUT2D eigenvalue weighted by Crippen LogP contribution is 2.18. The summed E-state index contributed by atoms with van der Waals surface area (Å²) in [6.45, 7) is 1.65. The van der Waals surface area contributed by atoms with Crippen molar-refractivity contribution in [1.82, 2.24) is 14.7 Å². The predicted octanol–water partition coefficient (Wildman–Crippen LogP) is 0.588. The Kier molecular flexibility index (Phi) is 4.23. The van der Waals surface area contributed by atoms with Crippen LogP contribution in [-0.2, 0) is 0 Å². The molecule has 0 aliphatic heterocycles. The number of thiazole rings is 1. The van der Waals surface area contributed by atoms with Gasteiger partial charge in [-0.1, -0.05) is 0 Å². The average molecular weight is 299 g/mol. The fourth-order valence-corrected chi connectivity index (χ4v) is 2.86. The van der Waals surface area contributed by atoms with E-state index in [1.165, 1.54) is 27.5 Å². The molecule has 0 radical (unpaired) electrons. The van der Waals surface area contributed by atoms with Crippen molar-refractivity contribution in [2.24, 2.45) is 0 Å². The van der Waals surface area contributed by atoms with Gasteiger partial charge >= 0.3 is 0 Å². The monoisotopic (exact) mass is 299 g/mol. The predicted molar refractivity (Wildman–Crippen MR) is 75.1 cm³/mol. The van der Waals surface area contributed by atoms with Gasteiger partial charge in [-0.05, 0) is 13.2 Å². The lowest BCUT2D eigenvalue weighted by atomic mass is 10.3. The van der Waals surface area contributed by atoms with E-state index in [2.05, 4.69) is 10.3 Å². The van der Waals surface area contributed by atoms with Gasteiger partial charge in [0.2, 0.25) is 0 Å². The van der Waals surface area contributed by atoms with Gasteiger partial charge in [0, 0.05) is 18.1 Å². The summed E-state index contributed by atoms with van der Waals surface area (Å²) in [7, 11) is 0. The molecule has 0 spiro atoms. The number of nitrogens with zero attached hydrogens (tertiary/aromatic N) is 2. The smallest absolute Gasteiger partial charge is 0.272 e. The molecule has 8 heteroatoms. The van der Waals surface area contributed by atoms with E-state index in [-0.39, 0.29) is 12.1 Å². The molecule has 1 atom stereocenters. The van der Waals surface area contributed by atoms with Crippen molar-refractivity contribution in [2.75, 3.05) is 12.8 Å². The van der Waals surface area contributed by atoms with E-state index in [0.29, 0.717) is 9.99 Å². The van der Waals surface area contributed by atoms with Gasteiger partial charge in [0.05, 0.1) is 6.10 Å². The molecule has 2 N–H and O–H groups in total. The molecule has 0 aliphatic rings. The first-order chi connectivity index (χ1) is 9.04. The number of fused-ring (bicyclic) bond motifs is 1. The van der Waals surface area contributed by atoms with Crippen molar-refractivity contribution in [1.29, 1.82) is 0 Å². The Bertz CT molecular complexity index is 663. The molecule has 1 amide bonds. The van der Waals surface area contributed by atoms with Crippen LogP contribution in [-0.4, -0.2) is 39.3 Å². The maximum absolute atomic E-state index is 12.2. The zero-order chi connectivity index (χ0) is 14.0. The molecular weight excluding hydrogens is 286 g/mol. The van der Waals surface area contributed by atoms with Crippen molar-refractivity contribution < 1.29 is 9.90 Å². The first-order valence-electron chi connectivity index (χ1n) is 5.54. The van der Waals surface area contributed by atoms with Gasteiger partial charge in [-0.25, -0.2) is 4.98 Å². The molecule has 2 heterocycles. The maximum atomic E-state index is 12.2. The van der Waals surface area contributed by atoms with Gasteiger partial charge in [-0.3, -0.25) is 14.0 Å². The Hall–Kier alpha value is -1.38. The highest BCUT2D eigenvalue weighted by molar-refractivity contribution is 7.98. The molecule has 0 saturated carbocycles. The number of hydrogen-bond donors (Lipinski definition) is 2. The molecule has 6 nitrogen and oxygen atoms in total. The van der Waals surface area contributed by atoms with Crippen molar-refractivity contribution in [2.45, 2.75) is 18.1 Å². The number of thioether (sulfide) groups is 1. The lowest BCUT2D eigenvalue weighted by Crippen LogP contribution is -2.35. The van der Waals surface area contributed by atoms with Crippen LogP contribution in [0.4, 0.5) is 0 Å². The summed E-state index contributed by atoms with van der Waals surface area (Å²) in [5.41, 5.74) is -0.372. The molecule has 102 valence electrons. The molecule has 1 unspecified atom stereocenters. The molecule has 2 aromatic heterocycles. The first kappa shape index (κ1) is 14.0. The topological polar surface area (TPSA) is 83.7 Å². The summed E-state index contributed by atoms with van der Waals surface area (Å²) in [5, 5.41) is 13.8. The normalized spacial score (nSPS) is 12.6. The highest BCUT2D eigenvalue weighted by atomic mass is 32.2. The molecule has 0 fully saturated rings. The van der Waals surface area contributed by atoms with Crippen molar-refractivity contribution in [3.8, 4) is 0 Å². The zero-order valence-electron chi connectivity index (χ0n) is 10.4. The van der Waals surface area contributed by atoms with Gasteiger partial charge in [0.25, 0.3) is 11.5 Å². The minimum atomic E-state index is -0.665. The fourth-order valence-electron chi connectivity index (χ4n) is 1.53. The first-order valence-corrected chi connectivity index (χ1v) is 7.65. The third-order valence-corrected chi connectivity index (χ3v) is 3.85. The van der Waals surface area contributed by atoms with Gasteiger partial charge in [-0.15, -0.1) is 23.1 Å². The lowest BCUT2D eigenvalue weighted by Gasteiger charge is -2.09. The second-order valence-electron chi connectivity index (χ2n) is 3.92. The van der Waals surface area contributed by atoms with E-state index in [1.54, 1.807) is 24.8 Å². The second kappa shape index (κ2) is 5.72. The largest absolute Gasteiger partial charge is 0.392 e. The molecule has 19 heavy (non-hydrogen) atoms. The quantitative estimate of drug-likeness (QED) is 0.637. The molecule has 0 aliphatic carbocycles. The van der Waals surface area contributed by atoms with Crippen LogP contribution < -0.4 is 10.9 Å². The number of aromatic nitrogens is 2. The van der Waals surface area contributed by atoms with E-state index in [0.717, 1.165) is 0 Å². The number of carbonyl (C=O) groups excluding carboxylic acids is 1. The van der Waals surface area contributed by atoms with Gasteiger partial charge in [0.15, 0.2) is 4.96 Å². The lowest BCUT2D eigenvalue weighted by molar-refractivity contribution is 0.0918. The summed E-state index contributed by atoms with van der Waals surface area (Å²) in [6, 6.07) is 0. The number of aliphatic hydroxyl groups is 1. The van der Waals surface area contributed by atoms with Gasteiger partial charge in [0.1, 0.15) is 10.6 Å². The minimum Gasteiger partial charge on any atom is -0.392 e. The molecule has 2 rings (SSSR count). The average Bonchev–Trinajstić information content (AvgIpc) is 2.84. The van der Waals surface area contributed by atoms with Crippen LogP contribution in [0, 0.1) is 0 Å². The van der Waals surface area contributed by atoms with E-state index in [1.807, 2.05) is 0 Å². The Labute approximate surface area is 117 Å². The molecular formula is C11H13N3O3S2. The summed E-state index contributed by atoms with van der Waals surface area (Å²) in [4.78, 5) is 29.1. The van der Waals surface area contributed by atoms with Crippen molar-refractivity contribution in [3.05, 3.63) is 27.5 Å². The van der Waals surface area contributed by atoms with Crippen LogP contribution in [0.15, 0.2) is 21.4 Å². The number of rotatable bonds is 4. The van der Waals surface area contributed by atoms with Crippen LogP contribution in [0.25, 0.3) is 4.96 Å². The number of amides is 1. The van der Waals surface area contributed by atoms with Crippen LogP contribution in [0.1, 0.15) is 17.3 Å². The van der Waals surface area contributed by atoms with Crippen LogP contribution in [0.3, 0.4) is 0 Å². The van der Waals surface area contributed by atoms with Crippen LogP contribution >= 0.6 is 23.1 Å². The fraction of sp³-hybridized carbons (Fsp3) is 0.364. The maximum Gasteiger partial charge on any atom is 0.272 e. The third kappa shape index (κ3) is 2.80. The van der Waals surface area contributed by atoms with Crippen molar-refractivity contribution >= 4 is 34.0 Å². The standard InChI is InChI=1S/C11H13N3O3S2/c1-6(15)5-12-8(16)7-9(18-2)13-11-14(10(7)17)3-4-19-11/h3-4,6,15H,5H2,1-2H3,(H,12,16). The molecule has 0 aromatic carbocycles. The number of aliphatic hydroxyl groups excluding tert-OH is 1. The van der Waals surface area contributed by atoms with E-state index >= 15 is 0 Å². The van der Waals surface area contributed by atoms with Crippen LogP contribution in [0.5, 0.6) is 0 Å². The van der Waals surface area contributed by atoms with Gasteiger partial charge < -0.3 is 10.4 Å². The number of hydrogen-bond acceptors (Lipinski definition) is 6. The zero-order valence-corrected chi connectivity index (χ0v) is 12.0. The van der Waals surface area contributed by atoms with E-state index in [9.17, 15) is 9.59 Å². The minimum absolute atomic E-state index is 0.0176. The highest BCUT2D eigenvalue weighted by Gasteiger charge is 2.20. The summed E-state index contributed by atoms with van der Waals surface area (Å²) >= 11 is 2.59. The van der Waals surface area contributed by atoms with E-state index in [4.69, 9.17) is 5.11 Å². The summed E-state index contributed by atoms with van der Waals surface area (Å²) in [6.07, 6.45) is 2.68. The van der Waals surface area contributed by atoms with Crippen molar-refractivity contribution in [3.63, 3.8) is 0 Å². The molecule has 0 saturated heterocycles. The Morgan fingerprint density at radius 1 is 1.68 bits per heavy atom. The Morgan fingerprint density at radius 2 is 2.42 bits per heavy atom. The van der Waals surface area contributed by atoms with Crippen LogP contribution in [0.2, 0.25) is 0 Å². The SMILES string of the molecule is CSc1nc2sccn2c(=O)c1C(=O)NCC(C)O. The molecule has 2 aromatic rings. The number of nitrogens with one attached hydrogen (secondary N) is 1. The number of carbonyl (C=O) groups is 1. The molecule has 0 bridgehead atoms. The third-order valence-electron chi connectivity index (χ3n) is 2.41. The summed E-state index contributed by atoms with van der Waals surface area (Å²) in [5.74, 6) is -0.511. The van der Waals surface area contributed by atoms with E-state index < -0.39 is 17.6 Å². The summed E-state index contributed by atoms with van der Waals surface area (Å²) < 4.78 is 1.35. The Morgan fingerprint density at radius 3 is 3.05 bits per heavy atom. The van der Waals surface area contributed by atoms with Gasteiger partial charge in [-0.2, -0.15) is 0 Å². The second-order valence-corrected chi connectivity index (χ2v) is 5.58.